The summed E-state index contributed by atoms with van der Waals surface area (Å²) in [5.74, 6) is 0.952. The number of rotatable bonds is 5. The summed E-state index contributed by atoms with van der Waals surface area (Å²) in [7, 11) is 0. The van der Waals surface area contributed by atoms with Crippen LogP contribution in [0.2, 0.25) is 0 Å². The van der Waals surface area contributed by atoms with Crippen molar-refractivity contribution < 1.29 is 18.7 Å². The van der Waals surface area contributed by atoms with E-state index < -0.39 is 0 Å². The zero-order chi connectivity index (χ0) is 21.6. The number of amides is 3. The fraction of sp³-hybridized carbons (Fsp3) is 0.478. The second-order valence-corrected chi connectivity index (χ2v) is 8.06. The van der Waals surface area contributed by atoms with Crippen LogP contribution in [-0.2, 0) is 17.8 Å². The molecule has 4 rings (SSSR count). The minimum atomic E-state index is -0.120. The number of carbonyl (C=O) groups excluding carboxylic acids is 2. The van der Waals surface area contributed by atoms with Gasteiger partial charge < -0.3 is 24.3 Å². The summed E-state index contributed by atoms with van der Waals surface area (Å²) in [6.07, 6.45) is 0. The van der Waals surface area contributed by atoms with E-state index >= 15 is 0 Å². The molecule has 2 aliphatic heterocycles. The lowest BCUT2D eigenvalue weighted by Gasteiger charge is -2.34. The molecule has 3 amide bonds. The molecule has 31 heavy (non-hydrogen) atoms. The van der Waals surface area contributed by atoms with Gasteiger partial charge in [-0.15, -0.1) is 0 Å². The highest BCUT2D eigenvalue weighted by Crippen LogP contribution is 2.13. The van der Waals surface area contributed by atoms with Crippen molar-refractivity contribution in [3.05, 3.63) is 59.0 Å². The van der Waals surface area contributed by atoms with E-state index in [0.29, 0.717) is 38.5 Å². The van der Waals surface area contributed by atoms with Crippen molar-refractivity contribution in [2.24, 2.45) is 0 Å². The number of ether oxygens (including phenoxy) is 1. The van der Waals surface area contributed by atoms with Gasteiger partial charge in [-0.2, -0.15) is 0 Å². The summed E-state index contributed by atoms with van der Waals surface area (Å²) < 4.78 is 10.8. The van der Waals surface area contributed by atoms with Gasteiger partial charge >= 0.3 is 6.03 Å². The van der Waals surface area contributed by atoms with E-state index in [1.54, 1.807) is 21.9 Å². The van der Waals surface area contributed by atoms with Gasteiger partial charge in [0.25, 0.3) is 5.91 Å². The maximum atomic E-state index is 12.6. The Morgan fingerprint density at radius 3 is 2.35 bits per heavy atom. The molecule has 2 aromatic rings. The number of urea groups is 1. The minimum absolute atomic E-state index is 0.0977. The molecule has 1 N–H and O–H groups in total. The largest absolute Gasteiger partial charge is 0.456 e. The van der Waals surface area contributed by atoms with Gasteiger partial charge in [-0.3, -0.25) is 9.69 Å². The summed E-state index contributed by atoms with van der Waals surface area (Å²) in [5, 5.41) is 3.01. The Labute approximate surface area is 182 Å². The van der Waals surface area contributed by atoms with Crippen LogP contribution in [0.15, 0.2) is 40.8 Å². The number of hydrogen-bond acceptors (Lipinski definition) is 5. The van der Waals surface area contributed by atoms with Gasteiger partial charge in [0.2, 0.25) is 0 Å². The van der Waals surface area contributed by atoms with Gasteiger partial charge in [0.05, 0.1) is 13.2 Å². The first-order valence-electron chi connectivity index (χ1n) is 10.8. The maximum absolute atomic E-state index is 12.6. The first kappa shape index (κ1) is 21.4. The topological polar surface area (TPSA) is 78.3 Å². The second-order valence-electron chi connectivity index (χ2n) is 8.06. The second kappa shape index (κ2) is 9.98. The van der Waals surface area contributed by atoms with Gasteiger partial charge in [0.15, 0.2) is 5.76 Å². The molecule has 8 nitrogen and oxygen atoms in total. The van der Waals surface area contributed by atoms with E-state index in [2.05, 4.69) is 22.3 Å². The van der Waals surface area contributed by atoms with E-state index in [-0.39, 0.29) is 11.9 Å². The van der Waals surface area contributed by atoms with Crippen LogP contribution in [0.3, 0.4) is 0 Å². The first-order valence-corrected chi connectivity index (χ1v) is 10.8. The number of aryl methyl sites for hydroxylation is 1. The van der Waals surface area contributed by atoms with E-state index in [4.69, 9.17) is 9.15 Å². The Hall–Kier alpha value is -2.84. The van der Waals surface area contributed by atoms with Gasteiger partial charge in [-0.05, 0) is 30.2 Å². The quantitative estimate of drug-likeness (QED) is 0.792. The molecular weight excluding hydrogens is 396 g/mol. The fourth-order valence-electron chi connectivity index (χ4n) is 3.96. The number of nitrogens with one attached hydrogen (secondary N) is 1. The lowest BCUT2D eigenvalue weighted by atomic mass is 10.1. The first-order chi connectivity index (χ1) is 15.1. The van der Waals surface area contributed by atoms with Crippen LogP contribution in [0.25, 0.3) is 0 Å². The smallest absolute Gasteiger partial charge is 0.317 e. The molecular formula is C23H30N4O4. The number of morpholine rings is 1. The highest BCUT2D eigenvalue weighted by Gasteiger charge is 2.26. The van der Waals surface area contributed by atoms with Crippen molar-refractivity contribution in [2.75, 3.05) is 52.5 Å². The van der Waals surface area contributed by atoms with Crippen molar-refractivity contribution in [3.8, 4) is 0 Å². The van der Waals surface area contributed by atoms with Crippen LogP contribution >= 0.6 is 0 Å². The van der Waals surface area contributed by atoms with Crippen molar-refractivity contribution in [3.63, 3.8) is 0 Å². The van der Waals surface area contributed by atoms with Gasteiger partial charge in [0, 0.05) is 52.4 Å². The Morgan fingerprint density at radius 2 is 1.65 bits per heavy atom. The third-order valence-electron chi connectivity index (χ3n) is 5.75. The van der Waals surface area contributed by atoms with Crippen LogP contribution < -0.4 is 5.32 Å². The number of benzene rings is 1. The number of nitrogens with zero attached hydrogens (tertiary/aromatic N) is 3. The Bertz CT molecular complexity index is 898. The highest BCUT2D eigenvalue weighted by molar-refractivity contribution is 5.91. The third-order valence-corrected chi connectivity index (χ3v) is 5.75. The SMILES string of the molecule is Cc1ccc(C(=O)N2CCN(C(=O)NCc3cccc(CN4CCOCC4)c3)CC2)o1. The normalized spacial score (nSPS) is 17.6. The van der Waals surface area contributed by atoms with Gasteiger partial charge in [0.1, 0.15) is 5.76 Å². The molecule has 1 aromatic heterocycles. The number of piperazine rings is 1. The van der Waals surface area contributed by atoms with E-state index in [1.807, 2.05) is 19.1 Å². The van der Waals surface area contributed by atoms with Crippen LogP contribution in [0.1, 0.15) is 27.4 Å². The number of furan rings is 1. The summed E-state index contributed by atoms with van der Waals surface area (Å²) in [5.41, 5.74) is 2.33. The molecule has 0 unspecified atom stereocenters. The van der Waals surface area contributed by atoms with Crippen molar-refractivity contribution >= 4 is 11.9 Å². The van der Waals surface area contributed by atoms with Gasteiger partial charge in [-0.1, -0.05) is 24.3 Å². The molecule has 0 radical (unpaired) electrons. The lowest BCUT2D eigenvalue weighted by Crippen LogP contribution is -2.53. The molecule has 0 bridgehead atoms. The molecule has 3 heterocycles. The molecule has 0 spiro atoms. The summed E-state index contributed by atoms with van der Waals surface area (Å²) in [6, 6.07) is 11.7. The van der Waals surface area contributed by atoms with Gasteiger partial charge in [-0.25, -0.2) is 4.79 Å². The average Bonchev–Trinajstić information content (AvgIpc) is 3.24. The average molecular weight is 427 g/mol. The molecule has 2 aliphatic rings. The molecule has 0 atom stereocenters. The van der Waals surface area contributed by atoms with Crippen molar-refractivity contribution in [1.82, 2.24) is 20.0 Å². The molecule has 166 valence electrons. The molecule has 2 fully saturated rings. The van der Waals surface area contributed by atoms with E-state index in [9.17, 15) is 9.59 Å². The molecule has 1 aromatic carbocycles. The Kier molecular flexibility index (Phi) is 6.89. The Balaban J connectivity index is 1.23. The van der Waals surface area contributed by atoms with E-state index in [0.717, 1.165) is 44.2 Å². The zero-order valence-electron chi connectivity index (χ0n) is 18.0. The van der Waals surface area contributed by atoms with Crippen LogP contribution in [0.4, 0.5) is 4.79 Å². The molecule has 0 aliphatic carbocycles. The standard InChI is InChI=1S/C23H30N4O4/c1-18-5-6-21(31-18)22(28)26-7-9-27(10-8-26)23(29)24-16-19-3-2-4-20(15-19)17-25-11-13-30-14-12-25/h2-6,15H,7-14,16-17H2,1H3,(H,24,29). The fourth-order valence-corrected chi connectivity index (χ4v) is 3.96. The third kappa shape index (κ3) is 5.65. The van der Waals surface area contributed by atoms with Crippen LogP contribution in [0, 0.1) is 6.92 Å². The van der Waals surface area contributed by atoms with Crippen LogP contribution in [0.5, 0.6) is 0 Å². The predicted molar refractivity (Wildman–Crippen MR) is 116 cm³/mol. The Morgan fingerprint density at radius 1 is 0.935 bits per heavy atom. The molecule has 2 saturated heterocycles. The maximum Gasteiger partial charge on any atom is 0.317 e. The zero-order valence-corrected chi connectivity index (χ0v) is 18.0. The van der Waals surface area contributed by atoms with Crippen molar-refractivity contribution in [2.45, 2.75) is 20.0 Å². The monoisotopic (exact) mass is 426 g/mol. The molecule has 0 saturated carbocycles. The van der Waals surface area contributed by atoms with E-state index in [1.165, 1.54) is 5.56 Å². The summed E-state index contributed by atoms with van der Waals surface area (Å²) >= 11 is 0. The van der Waals surface area contributed by atoms with Crippen LogP contribution in [-0.4, -0.2) is 79.1 Å². The number of hydrogen-bond donors (Lipinski definition) is 1. The molecule has 8 heteroatoms. The lowest BCUT2D eigenvalue weighted by molar-refractivity contribution is 0.0342. The van der Waals surface area contributed by atoms with Crippen molar-refractivity contribution in [1.29, 1.82) is 0 Å². The predicted octanol–water partition coefficient (Wildman–Crippen LogP) is 2.09. The minimum Gasteiger partial charge on any atom is -0.456 e. The summed E-state index contributed by atoms with van der Waals surface area (Å²) in [4.78, 5) is 30.9. The number of carbonyl (C=O) groups is 2. The highest BCUT2D eigenvalue weighted by atomic mass is 16.5. The summed E-state index contributed by atoms with van der Waals surface area (Å²) in [6.45, 7) is 8.70.